The molecule has 2 aromatic carbocycles. The van der Waals surface area contributed by atoms with E-state index >= 15 is 0 Å². The molecular formula is C15H7F3O2. The van der Waals surface area contributed by atoms with Crippen molar-refractivity contribution in [2.24, 2.45) is 0 Å². The van der Waals surface area contributed by atoms with Crippen molar-refractivity contribution in [3.05, 3.63) is 70.3 Å². The van der Waals surface area contributed by atoms with E-state index in [0.717, 1.165) is 36.6 Å². The minimum Gasteiger partial charge on any atom is -0.463 e. The van der Waals surface area contributed by atoms with Crippen molar-refractivity contribution in [1.29, 1.82) is 0 Å². The van der Waals surface area contributed by atoms with Gasteiger partial charge in [-0.25, -0.2) is 13.2 Å². The van der Waals surface area contributed by atoms with Crippen LogP contribution < -0.4 is 5.43 Å². The Morgan fingerprint density at radius 1 is 0.850 bits per heavy atom. The highest BCUT2D eigenvalue weighted by atomic mass is 19.1. The second-order valence-electron chi connectivity index (χ2n) is 4.24. The molecule has 0 atom stereocenters. The van der Waals surface area contributed by atoms with Gasteiger partial charge >= 0.3 is 0 Å². The largest absolute Gasteiger partial charge is 0.463 e. The van der Waals surface area contributed by atoms with Gasteiger partial charge in [0.1, 0.15) is 29.3 Å². The summed E-state index contributed by atoms with van der Waals surface area (Å²) in [6.07, 6.45) is 1.04. The highest BCUT2D eigenvalue weighted by Crippen LogP contribution is 2.23. The zero-order chi connectivity index (χ0) is 14.3. The number of fused-ring (bicyclic) bond motifs is 1. The second-order valence-corrected chi connectivity index (χ2v) is 4.24. The van der Waals surface area contributed by atoms with Gasteiger partial charge in [0.15, 0.2) is 0 Å². The summed E-state index contributed by atoms with van der Waals surface area (Å²) in [5.74, 6) is -2.05. The Balaban J connectivity index is 2.35. The molecule has 0 spiro atoms. The molecule has 0 unspecified atom stereocenters. The zero-order valence-electron chi connectivity index (χ0n) is 9.99. The number of hydrogen-bond acceptors (Lipinski definition) is 2. The van der Waals surface area contributed by atoms with Crippen LogP contribution in [0.25, 0.3) is 22.1 Å². The number of benzene rings is 2. The molecule has 0 radical (unpaired) electrons. The Bertz CT molecular complexity index is 869. The Hall–Kier alpha value is -2.56. The predicted molar refractivity (Wildman–Crippen MR) is 67.8 cm³/mol. The van der Waals surface area contributed by atoms with Crippen LogP contribution in [-0.2, 0) is 0 Å². The Morgan fingerprint density at radius 3 is 2.35 bits per heavy atom. The summed E-state index contributed by atoms with van der Waals surface area (Å²) < 4.78 is 45.2. The molecule has 0 saturated carbocycles. The van der Waals surface area contributed by atoms with E-state index in [1.807, 2.05) is 0 Å². The van der Waals surface area contributed by atoms with Gasteiger partial charge in [-0.3, -0.25) is 4.79 Å². The van der Waals surface area contributed by atoms with E-state index in [0.29, 0.717) is 0 Å². The van der Waals surface area contributed by atoms with Gasteiger partial charge in [-0.15, -0.1) is 0 Å². The van der Waals surface area contributed by atoms with Crippen molar-refractivity contribution in [3.63, 3.8) is 0 Å². The number of halogens is 3. The summed E-state index contributed by atoms with van der Waals surface area (Å²) in [6, 6.07) is 6.21. The topological polar surface area (TPSA) is 30.2 Å². The molecule has 20 heavy (non-hydrogen) atoms. The number of rotatable bonds is 1. The van der Waals surface area contributed by atoms with E-state index in [-0.39, 0.29) is 22.1 Å². The summed E-state index contributed by atoms with van der Waals surface area (Å²) in [5.41, 5.74) is -0.808. The van der Waals surface area contributed by atoms with Crippen LogP contribution in [0.5, 0.6) is 0 Å². The molecule has 0 fully saturated rings. The van der Waals surface area contributed by atoms with Crippen LogP contribution in [0.1, 0.15) is 0 Å². The molecule has 3 rings (SSSR count). The van der Waals surface area contributed by atoms with Crippen molar-refractivity contribution in [1.82, 2.24) is 0 Å². The Kier molecular flexibility index (Phi) is 2.82. The number of hydrogen-bond donors (Lipinski definition) is 0. The molecule has 0 aliphatic carbocycles. The third-order valence-electron chi connectivity index (χ3n) is 2.95. The molecule has 0 aliphatic heterocycles. The van der Waals surface area contributed by atoms with Crippen LogP contribution in [0.4, 0.5) is 13.2 Å². The minimum atomic E-state index is -0.755. The van der Waals surface area contributed by atoms with Crippen molar-refractivity contribution in [2.45, 2.75) is 0 Å². The lowest BCUT2D eigenvalue weighted by Gasteiger charge is -2.04. The molecule has 0 N–H and O–H groups in total. The summed E-state index contributed by atoms with van der Waals surface area (Å²) in [5, 5.41) is -0.0221. The second kappa shape index (κ2) is 4.52. The monoisotopic (exact) mass is 276 g/mol. The van der Waals surface area contributed by atoms with Crippen molar-refractivity contribution in [2.75, 3.05) is 0 Å². The van der Waals surface area contributed by atoms with E-state index in [1.165, 1.54) is 6.07 Å². The van der Waals surface area contributed by atoms with Gasteiger partial charge in [-0.1, -0.05) is 0 Å². The van der Waals surface area contributed by atoms with Gasteiger partial charge in [0.2, 0.25) is 5.43 Å². The summed E-state index contributed by atoms with van der Waals surface area (Å²) in [4.78, 5) is 12.2. The molecule has 0 bridgehead atoms. The maximum atomic E-state index is 13.7. The van der Waals surface area contributed by atoms with Crippen molar-refractivity contribution < 1.29 is 17.6 Å². The predicted octanol–water partition coefficient (Wildman–Crippen LogP) is 3.88. The first-order valence-corrected chi connectivity index (χ1v) is 5.73. The van der Waals surface area contributed by atoms with Crippen molar-refractivity contribution >= 4 is 11.0 Å². The first-order chi connectivity index (χ1) is 9.56. The molecule has 100 valence electrons. The van der Waals surface area contributed by atoms with E-state index < -0.39 is 22.9 Å². The SMILES string of the molecule is O=c1c(-c2cc(F)ccc2F)coc2ccc(F)cc12. The van der Waals surface area contributed by atoms with Gasteiger partial charge in [-0.05, 0) is 36.4 Å². The minimum absolute atomic E-state index is 0.0221. The average molecular weight is 276 g/mol. The maximum absolute atomic E-state index is 13.7. The molecule has 3 aromatic rings. The first-order valence-electron chi connectivity index (χ1n) is 5.73. The van der Waals surface area contributed by atoms with Crippen LogP contribution in [0, 0.1) is 17.5 Å². The Labute approximate surface area is 111 Å². The average Bonchev–Trinajstić information content (AvgIpc) is 2.43. The van der Waals surface area contributed by atoms with Gasteiger partial charge < -0.3 is 4.42 Å². The van der Waals surface area contributed by atoms with Crippen molar-refractivity contribution in [3.8, 4) is 11.1 Å². The van der Waals surface area contributed by atoms with E-state index in [9.17, 15) is 18.0 Å². The molecule has 1 aromatic heterocycles. The lowest BCUT2D eigenvalue weighted by atomic mass is 10.0. The van der Waals surface area contributed by atoms with E-state index in [2.05, 4.69) is 0 Å². The highest BCUT2D eigenvalue weighted by molar-refractivity contribution is 5.81. The van der Waals surface area contributed by atoms with Gasteiger partial charge in [-0.2, -0.15) is 0 Å². The normalized spacial score (nSPS) is 10.9. The van der Waals surface area contributed by atoms with Crippen LogP contribution in [0.3, 0.4) is 0 Å². The smallest absolute Gasteiger partial charge is 0.200 e. The standard InChI is InChI=1S/C15H7F3O2/c16-8-1-3-13(18)10(5-8)12-7-20-14-4-2-9(17)6-11(14)15(12)19/h1-7H. The van der Waals surface area contributed by atoms with E-state index in [4.69, 9.17) is 4.42 Å². The van der Waals surface area contributed by atoms with Crippen LogP contribution in [0.2, 0.25) is 0 Å². The fraction of sp³-hybridized carbons (Fsp3) is 0. The summed E-state index contributed by atoms with van der Waals surface area (Å²) >= 11 is 0. The fourth-order valence-electron chi connectivity index (χ4n) is 1.99. The third-order valence-corrected chi connectivity index (χ3v) is 2.95. The first kappa shape index (κ1) is 12.5. The molecule has 1 heterocycles. The fourth-order valence-corrected chi connectivity index (χ4v) is 1.99. The van der Waals surface area contributed by atoms with Gasteiger partial charge in [0, 0.05) is 5.56 Å². The molecular weight excluding hydrogens is 269 g/mol. The lowest BCUT2D eigenvalue weighted by molar-refractivity contribution is 0.590. The van der Waals surface area contributed by atoms with Crippen LogP contribution in [-0.4, -0.2) is 0 Å². The molecule has 2 nitrogen and oxygen atoms in total. The lowest BCUT2D eigenvalue weighted by Crippen LogP contribution is -2.06. The van der Waals surface area contributed by atoms with Crippen LogP contribution >= 0.6 is 0 Å². The van der Waals surface area contributed by atoms with Gasteiger partial charge in [0.25, 0.3) is 0 Å². The third kappa shape index (κ3) is 1.97. The zero-order valence-corrected chi connectivity index (χ0v) is 9.99. The summed E-state index contributed by atoms with van der Waals surface area (Å²) in [6.45, 7) is 0. The molecule has 0 amide bonds. The molecule has 0 aliphatic rings. The summed E-state index contributed by atoms with van der Waals surface area (Å²) in [7, 11) is 0. The Morgan fingerprint density at radius 2 is 1.55 bits per heavy atom. The van der Waals surface area contributed by atoms with Crippen LogP contribution in [0.15, 0.2) is 51.9 Å². The molecule has 5 heteroatoms. The molecule has 0 saturated heterocycles. The quantitative estimate of drug-likeness (QED) is 0.675. The van der Waals surface area contributed by atoms with E-state index in [1.54, 1.807) is 0 Å². The van der Waals surface area contributed by atoms with Gasteiger partial charge in [0.05, 0.1) is 10.9 Å². The highest BCUT2D eigenvalue weighted by Gasteiger charge is 2.14. The maximum Gasteiger partial charge on any atom is 0.200 e.